The summed E-state index contributed by atoms with van der Waals surface area (Å²) in [4.78, 5) is 0. The molecule has 0 amide bonds. The maximum Gasteiger partial charge on any atom is 0.219 e. The normalized spacial score (nSPS) is 14.6. The van der Waals surface area contributed by atoms with Crippen LogP contribution in [-0.2, 0) is 6.54 Å². The maximum atomic E-state index is 5.83. The number of ether oxygens (including phenoxy) is 2. The first-order valence-corrected chi connectivity index (χ1v) is 7.01. The molecule has 0 saturated carbocycles. The minimum Gasteiger partial charge on any atom is -0.488 e. The zero-order chi connectivity index (χ0) is 14.2. The molecule has 0 fully saturated rings. The molecular weight excluding hydrogens is 252 g/mol. The maximum absolute atomic E-state index is 5.83. The standard InChI is InChI=1S/C16H20N2O2/c1-16(2,3)20-13-7-5-12(6-8-13)14-11-17-18-9-4-10-19-15(14)18/h5-8,11H,4,9-10H2,1-3H3. The molecule has 4 heteroatoms. The van der Waals surface area contributed by atoms with Gasteiger partial charge in [-0.3, -0.25) is 0 Å². The highest BCUT2D eigenvalue weighted by atomic mass is 16.5. The fraction of sp³-hybridized carbons (Fsp3) is 0.438. The highest BCUT2D eigenvalue weighted by Crippen LogP contribution is 2.33. The largest absolute Gasteiger partial charge is 0.488 e. The minimum atomic E-state index is -0.179. The van der Waals surface area contributed by atoms with Crippen molar-refractivity contribution in [2.45, 2.75) is 39.3 Å². The van der Waals surface area contributed by atoms with Gasteiger partial charge in [0, 0.05) is 13.0 Å². The van der Waals surface area contributed by atoms with Crippen molar-refractivity contribution in [2.24, 2.45) is 0 Å². The first kappa shape index (κ1) is 13.0. The summed E-state index contributed by atoms with van der Waals surface area (Å²) in [5.74, 6) is 1.75. The van der Waals surface area contributed by atoms with Gasteiger partial charge in [-0.15, -0.1) is 0 Å². The van der Waals surface area contributed by atoms with Gasteiger partial charge in [0.05, 0.1) is 18.4 Å². The van der Waals surface area contributed by atoms with Crippen LogP contribution in [0, 0.1) is 0 Å². The Morgan fingerprint density at radius 2 is 1.95 bits per heavy atom. The van der Waals surface area contributed by atoms with Crippen LogP contribution >= 0.6 is 0 Å². The van der Waals surface area contributed by atoms with E-state index < -0.39 is 0 Å². The first-order valence-electron chi connectivity index (χ1n) is 7.01. The summed E-state index contributed by atoms with van der Waals surface area (Å²) >= 11 is 0. The van der Waals surface area contributed by atoms with Crippen LogP contribution in [0.1, 0.15) is 27.2 Å². The average Bonchev–Trinajstić information content (AvgIpc) is 2.82. The van der Waals surface area contributed by atoms with E-state index in [0.717, 1.165) is 42.3 Å². The van der Waals surface area contributed by atoms with Crippen molar-refractivity contribution in [1.82, 2.24) is 9.78 Å². The summed E-state index contributed by atoms with van der Waals surface area (Å²) in [6, 6.07) is 8.09. The lowest BCUT2D eigenvalue weighted by atomic mass is 10.1. The Bertz CT molecular complexity index is 594. The second-order valence-electron chi connectivity index (χ2n) is 6.03. The molecule has 0 bridgehead atoms. The molecule has 0 N–H and O–H groups in total. The molecule has 0 saturated heterocycles. The van der Waals surface area contributed by atoms with E-state index in [2.05, 4.69) is 17.2 Å². The van der Waals surface area contributed by atoms with Gasteiger partial charge in [0.15, 0.2) is 0 Å². The lowest BCUT2D eigenvalue weighted by Gasteiger charge is -2.21. The van der Waals surface area contributed by atoms with E-state index in [0.29, 0.717) is 0 Å². The van der Waals surface area contributed by atoms with Crippen molar-refractivity contribution >= 4 is 0 Å². The molecule has 1 aliphatic rings. The number of fused-ring (bicyclic) bond motifs is 1. The molecule has 106 valence electrons. The Hall–Kier alpha value is -1.97. The summed E-state index contributed by atoms with van der Waals surface area (Å²) in [5.41, 5.74) is 1.98. The molecule has 2 aromatic rings. The number of rotatable bonds is 2. The molecule has 0 atom stereocenters. The molecule has 0 aliphatic carbocycles. The van der Waals surface area contributed by atoms with Crippen LogP contribution in [0.4, 0.5) is 0 Å². The molecule has 1 aromatic carbocycles. The third-order valence-corrected chi connectivity index (χ3v) is 3.13. The fourth-order valence-electron chi connectivity index (χ4n) is 2.32. The molecule has 1 aliphatic heterocycles. The molecule has 2 heterocycles. The van der Waals surface area contributed by atoms with E-state index in [1.54, 1.807) is 0 Å². The summed E-state index contributed by atoms with van der Waals surface area (Å²) < 4.78 is 13.5. The number of hydrogen-bond acceptors (Lipinski definition) is 3. The van der Waals surface area contributed by atoms with E-state index in [-0.39, 0.29) is 5.60 Å². The van der Waals surface area contributed by atoms with E-state index in [4.69, 9.17) is 9.47 Å². The van der Waals surface area contributed by atoms with E-state index in [1.165, 1.54) is 0 Å². The van der Waals surface area contributed by atoms with Gasteiger partial charge in [0.1, 0.15) is 11.4 Å². The van der Waals surface area contributed by atoms with Crippen LogP contribution in [0.2, 0.25) is 0 Å². The van der Waals surface area contributed by atoms with Crippen LogP contribution in [0.15, 0.2) is 30.5 Å². The van der Waals surface area contributed by atoms with Gasteiger partial charge >= 0.3 is 0 Å². The SMILES string of the molecule is CC(C)(C)Oc1ccc(-c2cnn3c2OCCC3)cc1. The minimum absolute atomic E-state index is 0.179. The molecular formula is C16H20N2O2. The van der Waals surface area contributed by atoms with Crippen molar-refractivity contribution in [1.29, 1.82) is 0 Å². The van der Waals surface area contributed by atoms with Crippen LogP contribution in [-0.4, -0.2) is 22.0 Å². The van der Waals surface area contributed by atoms with Crippen molar-refractivity contribution in [3.8, 4) is 22.8 Å². The average molecular weight is 272 g/mol. The van der Waals surface area contributed by atoms with E-state index >= 15 is 0 Å². The van der Waals surface area contributed by atoms with Crippen molar-refractivity contribution in [3.63, 3.8) is 0 Å². The Morgan fingerprint density at radius 1 is 1.20 bits per heavy atom. The quantitative estimate of drug-likeness (QED) is 0.839. The molecule has 20 heavy (non-hydrogen) atoms. The van der Waals surface area contributed by atoms with Crippen LogP contribution in [0.3, 0.4) is 0 Å². The van der Waals surface area contributed by atoms with E-state index in [1.807, 2.05) is 43.8 Å². The van der Waals surface area contributed by atoms with Crippen molar-refractivity contribution in [2.75, 3.05) is 6.61 Å². The van der Waals surface area contributed by atoms with Crippen molar-refractivity contribution in [3.05, 3.63) is 30.5 Å². The third-order valence-electron chi connectivity index (χ3n) is 3.13. The monoisotopic (exact) mass is 272 g/mol. The molecule has 0 spiro atoms. The third kappa shape index (κ3) is 2.64. The molecule has 4 nitrogen and oxygen atoms in total. The molecule has 0 radical (unpaired) electrons. The predicted octanol–water partition coefficient (Wildman–Crippen LogP) is 3.51. The lowest BCUT2D eigenvalue weighted by molar-refractivity contribution is 0.131. The summed E-state index contributed by atoms with van der Waals surface area (Å²) in [6.45, 7) is 7.83. The predicted molar refractivity (Wildman–Crippen MR) is 78.2 cm³/mol. The lowest BCUT2D eigenvalue weighted by Crippen LogP contribution is -2.22. The first-order chi connectivity index (χ1) is 9.53. The topological polar surface area (TPSA) is 36.3 Å². The fourth-order valence-corrected chi connectivity index (χ4v) is 2.32. The van der Waals surface area contributed by atoms with Gasteiger partial charge < -0.3 is 9.47 Å². The van der Waals surface area contributed by atoms with Gasteiger partial charge in [-0.25, -0.2) is 4.68 Å². The Morgan fingerprint density at radius 3 is 2.65 bits per heavy atom. The Balaban J connectivity index is 1.86. The number of benzene rings is 1. The molecule has 1 aromatic heterocycles. The van der Waals surface area contributed by atoms with Gasteiger partial charge in [-0.1, -0.05) is 12.1 Å². The van der Waals surface area contributed by atoms with Gasteiger partial charge in [0.2, 0.25) is 5.88 Å². The Kier molecular flexibility index (Phi) is 3.16. The summed E-state index contributed by atoms with van der Waals surface area (Å²) in [7, 11) is 0. The molecule has 0 unspecified atom stereocenters. The Labute approximate surface area is 119 Å². The highest BCUT2D eigenvalue weighted by molar-refractivity contribution is 5.68. The summed E-state index contributed by atoms with van der Waals surface area (Å²) in [5, 5.41) is 4.38. The molecule has 3 rings (SSSR count). The second-order valence-corrected chi connectivity index (χ2v) is 6.03. The van der Waals surface area contributed by atoms with Crippen LogP contribution in [0.25, 0.3) is 11.1 Å². The van der Waals surface area contributed by atoms with Crippen LogP contribution in [0.5, 0.6) is 11.6 Å². The second kappa shape index (κ2) is 4.85. The van der Waals surface area contributed by atoms with Gasteiger partial charge in [-0.2, -0.15) is 5.10 Å². The number of aromatic nitrogens is 2. The number of aryl methyl sites for hydroxylation is 1. The van der Waals surface area contributed by atoms with Gasteiger partial charge in [-0.05, 0) is 38.5 Å². The number of hydrogen-bond donors (Lipinski definition) is 0. The smallest absolute Gasteiger partial charge is 0.219 e. The van der Waals surface area contributed by atoms with Gasteiger partial charge in [0.25, 0.3) is 0 Å². The summed E-state index contributed by atoms with van der Waals surface area (Å²) in [6.07, 6.45) is 2.90. The number of nitrogens with zero attached hydrogens (tertiary/aromatic N) is 2. The zero-order valence-electron chi connectivity index (χ0n) is 12.2. The van der Waals surface area contributed by atoms with Crippen molar-refractivity contribution < 1.29 is 9.47 Å². The van der Waals surface area contributed by atoms with E-state index in [9.17, 15) is 0 Å². The zero-order valence-corrected chi connectivity index (χ0v) is 12.2. The highest BCUT2D eigenvalue weighted by Gasteiger charge is 2.18. The van der Waals surface area contributed by atoms with Crippen LogP contribution < -0.4 is 9.47 Å².